The minimum absolute atomic E-state index is 0.0664. The minimum atomic E-state index is -0.627. The summed E-state index contributed by atoms with van der Waals surface area (Å²) in [5.74, 6) is -0.824. The van der Waals surface area contributed by atoms with Crippen LogP contribution >= 0.6 is 12.2 Å². The number of benzene rings is 4. The lowest BCUT2D eigenvalue weighted by atomic mass is 9.65. The molecule has 0 saturated carbocycles. The minimum Gasteiger partial charge on any atom is -0.502 e. The van der Waals surface area contributed by atoms with E-state index in [1.54, 1.807) is 18.2 Å². The van der Waals surface area contributed by atoms with E-state index < -0.39 is 17.9 Å². The number of phenolic OH excluding ortho intramolecular Hbond substituents is 1. The number of fused-ring (bicyclic) bond motifs is 4. The molecule has 44 heavy (non-hydrogen) atoms. The van der Waals surface area contributed by atoms with Crippen LogP contribution in [0, 0.1) is 11.8 Å². The van der Waals surface area contributed by atoms with E-state index in [0.717, 1.165) is 21.9 Å². The molecule has 10 nitrogen and oxygen atoms in total. The number of phenols is 1. The Bertz CT molecular complexity index is 1820. The summed E-state index contributed by atoms with van der Waals surface area (Å²) in [6.45, 7) is 0.204. The van der Waals surface area contributed by atoms with Crippen molar-refractivity contribution in [1.29, 1.82) is 0 Å². The van der Waals surface area contributed by atoms with Crippen molar-refractivity contribution in [3.8, 4) is 28.7 Å². The molecule has 4 atom stereocenters. The summed E-state index contributed by atoms with van der Waals surface area (Å²) in [6, 6.07) is 19.9. The summed E-state index contributed by atoms with van der Waals surface area (Å²) in [5, 5.41) is 18.8. The molecule has 0 unspecified atom stereocenters. The zero-order valence-electron chi connectivity index (χ0n) is 23.8. The van der Waals surface area contributed by atoms with Crippen molar-refractivity contribution in [2.24, 2.45) is 11.8 Å². The third-order valence-electron chi connectivity index (χ3n) is 8.57. The van der Waals surface area contributed by atoms with Crippen molar-refractivity contribution in [3.63, 3.8) is 0 Å². The van der Waals surface area contributed by atoms with E-state index in [1.165, 1.54) is 14.2 Å². The van der Waals surface area contributed by atoms with Gasteiger partial charge in [0.1, 0.15) is 0 Å². The Balaban J connectivity index is 1.26. The van der Waals surface area contributed by atoms with Gasteiger partial charge in [-0.3, -0.25) is 14.9 Å². The molecule has 7 rings (SSSR count). The molecule has 4 aromatic rings. The number of cyclic esters (lactones) is 1. The second-order valence-electron chi connectivity index (χ2n) is 10.9. The summed E-state index contributed by atoms with van der Waals surface area (Å²) in [6.07, 6.45) is 0. The Morgan fingerprint density at radius 1 is 0.909 bits per heavy atom. The number of amides is 1. The van der Waals surface area contributed by atoms with Gasteiger partial charge in [-0.05, 0) is 76.1 Å². The fourth-order valence-electron chi connectivity index (χ4n) is 6.52. The fraction of sp³-hybridized carbons (Fsp3) is 0.242. The first-order valence-electron chi connectivity index (χ1n) is 14.0. The number of nitrogens with one attached hydrogen (secondary N) is 2. The summed E-state index contributed by atoms with van der Waals surface area (Å²) in [7, 11) is 2.90. The predicted octanol–water partition coefficient (Wildman–Crippen LogP) is 4.57. The van der Waals surface area contributed by atoms with Crippen LogP contribution in [0.3, 0.4) is 0 Å². The van der Waals surface area contributed by atoms with Crippen LogP contribution in [-0.2, 0) is 9.53 Å². The SMILES string of the molecule is COc1cc([C@@H]2c3cc4c(cc3[C@@H](NC(=S)NC(=O)c3ccc5ccccc5c3)[C@H]3COC(=O)[C@H]23)OCO4)cc(OC)c1O. The van der Waals surface area contributed by atoms with Crippen LogP contribution in [-0.4, -0.2) is 49.7 Å². The lowest BCUT2D eigenvalue weighted by Gasteiger charge is -2.40. The second-order valence-corrected chi connectivity index (χ2v) is 11.3. The molecule has 3 N–H and O–H groups in total. The van der Waals surface area contributed by atoms with E-state index in [4.69, 9.17) is 35.9 Å². The number of methoxy groups -OCH3 is 2. The molecule has 1 saturated heterocycles. The van der Waals surface area contributed by atoms with Gasteiger partial charge in [0.2, 0.25) is 12.5 Å². The van der Waals surface area contributed by atoms with E-state index in [2.05, 4.69) is 10.6 Å². The number of esters is 1. The average molecular weight is 613 g/mol. The first-order valence-corrected chi connectivity index (χ1v) is 14.4. The fourth-order valence-corrected chi connectivity index (χ4v) is 6.74. The predicted molar refractivity (Wildman–Crippen MR) is 163 cm³/mol. The highest BCUT2D eigenvalue weighted by atomic mass is 32.1. The maximum Gasteiger partial charge on any atom is 0.310 e. The summed E-state index contributed by atoms with van der Waals surface area (Å²) < 4.78 is 27.9. The maximum absolute atomic E-state index is 13.4. The van der Waals surface area contributed by atoms with Crippen LogP contribution < -0.4 is 29.6 Å². The van der Waals surface area contributed by atoms with Crippen LogP contribution in [0.5, 0.6) is 28.7 Å². The second kappa shape index (κ2) is 10.9. The van der Waals surface area contributed by atoms with Gasteiger partial charge in [-0.15, -0.1) is 0 Å². The monoisotopic (exact) mass is 612 g/mol. The molecule has 0 radical (unpaired) electrons. The highest BCUT2D eigenvalue weighted by Gasteiger charge is 2.53. The van der Waals surface area contributed by atoms with E-state index in [-0.39, 0.29) is 53.6 Å². The van der Waals surface area contributed by atoms with Crippen LogP contribution in [0.1, 0.15) is 39.0 Å². The third kappa shape index (κ3) is 4.60. The molecule has 11 heteroatoms. The number of aromatic hydroxyl groups is 1. The number of hydrogen-bond donors (Lipinski definition) is 3. The van der Waals surface area contributed by atoms with Gasteiger partial charge in [0.15, 0.2) is 28.1 Å². The molecule has 1 aliphatic carbocycles. The maximum atomic E-state index is 13.4. The van der Waals surface area contributed by atoms with Gasteiger partial charge in [-0.25, -0.2) is 0 Å². The highest BCUT2D eigenvalue weighted by Crippen LogP contribution is 2.55. The van der Waals surface area contributed by atoms with Crippen LogP contribution in [0.2, 0.25) is 0 Å². The van der Waals surface area contributed by atoms with Crippen molar-refractivity contribution in [2.45, 2.75) is 12.0 Å². The van der Waals surface area contributed by atoms with Crippen LogP contribution in [0.25, 0.3) is 10.8 Å². The Morgan fingerprint density at radius 3 is 2.30 bits per heavy atom. The molecule has 0 bridgehead atoms. The molecule has 2 heterocycles. The number of carbonyl (C=O) groups excluding carboxylic acids is 2. The molecule has 4 aromatic carbocycles. The number of carbonyl (C=O) groups is 2. The Hall–Kier alpha value is -5.03. The van der Waals surface area contributed by atoms with Gasteiger partial charge in [-0.2, -0.15) is 0 Å². The van der Waals surface area contributed by atoms with Gasteiger partial charge >= 0.3 is 5.97 Å². The molecule has 224 valence electrons. The highest BCUT2D eigenvalue weighted by molar-refractivity contribution is 7.80. The Morgan fingerprint density at radius 2 is 1.59 bits per heavy atom. The number of rotatable bonds is 5. The van der Waals surface area contributed by atoms with Gasteiger partial charge in [0.25, 0.3) is 5.91 Å². The standard InChI is InChI=1S/C33H28N2O8S/c1-39-25-10-19(11-26(40-2)30(25)36)27-20-12-23-24(43-15-42-23)13-21(20)29(22-14-41-32(38)28(22)27)34-33(44)35-31(37)18-8-7-16-5-3-4-6-17(16)9-18/h3-13,22,27-29,36H,14-15H2,1-2H3,(H2,34,35,37,44)/t22-,27+,28-,29+/m0/s1. The normalized spacial score (nSPS) is 21.2. The molecular formula is C33H28N2O8S. The van der Waals surface area contributed by atoms with Gasteiger partial charge < -0.3 is 34.1 Å². The zero-order valence-corrected chi connectivity index (χ0v) is 24.6. The van der Waals surface area contributed by atoms with Crippen molar-refractivity contribution < 1.29 is 38.4 Å². The van der Waals surface area contributed by atoms with Crippen molar-refractivity contribution >= 4 is 40.0 Å². The molecule has 1 fully saturated rings. The van der Waals surface area contributed by atoms with Crippen LogP contribution in [0.15, 0.2) is 66.7 Å². The lowest BCUT2D eigenvalue weighted by molar-refractivity contribution is -0.141. The first kappa shape index (κ1) is 27.8. The smallest absolute Gasteiger partial charge is 0.310 e. The first-order chi connectivity index (χ1) is 21.4. The van der Waals surface area contributed by atoms with Crippen molar-refractivity contribution in [2.75, 3.05) is 27.6 Å². The molecule has 1 amide bonds. The number of thiocarbonyl (C=S) groups is 1. The van der Waals surface area contributed by atoms with Gasteiger partial charge in [0.05, 0.1) is 32.8 Å². The summed E-state index contributed by atoms with van der Waals surface area (Å²) >= 11 is 5.64. The van der Waals surface area contributed by atoms with Gasteiger partial charge in [-0.1, -0.05) is 30.3 Å². The third-order valence-corrected chi connectivity index (χ3v) is 8.79. The van der Waals surface area contributed by atoms with E-state index in [9.17, 15) is 14.7 Å². The quantitative estimate of drug-likeness (QED) is 0.218. The molecular weight excluding hydrogens is 584 g/mol. The number of hydrogen-bond acceptors (Lipinski definition) is 9. The van der Waals surface area contributed by atoms with Crippen molar-refractivity contribution in [1.82, 2.24) is 10.6 Å². The van der Waals surface area contributed by atoms with E-state index >= 15 is 0 Å². The molecule has 0 aromatic heterocycles. The molecule has 3 aliphatic rings. The molecule has 2 aliphatic heterocycles. The summed E-state index contributed by atoms with van der Waals surface area (Å²) in [4.78, 5) is 26.6. The number of ether oxygens (including phenoxy) is 5. The van der Waals surface area contributed by atoms with Crippen LogP contribution in [0.4, 0.5) is 0 Å². The van der Waals surface area contributed by atoms with E-state index in [1.807, 2.05) is 48.5 Å². The zero-order chi connectivity index (χ0) is 30.5. The topological polar surface area (TPSA) is 125 Å². The Kier molecular flexibility index (Phi) is 6.89. The molecule has 0 spiro atoms. The summed E-state index contributed by atoms with van der Waals surface area (Å²) in [5.41, 5.74) is 2.75. The average Bonchev–Trinajstić information content (AvgIpc) is 3.66. The van der Waals surface area contributed by atoms with Gasteiger partial charge in [0, 0.05) is 17.4 Å². The Labute approximate surface area is 257 Å². The van der Waals surface area contributed by atoms with Crippen molar-refractivity contribution in [3.05, 3.63) is 89.0 Å². The lowest BCUT2D eigenvalue weighted by Crippen LogP contribution is -2.47. The van der Waals surface area contributed by atoms with E-state index in [0.29, 0.717) is 22.6 Å². The largest absolute Gasteiger partial charge is 0.502 e.